The highest BCUT2D eigenvalue weighted by atomic mass is 35.5. The molecule has 40 heavy (non-hydrogen) atoms. The average molecular weight is 645 g/mol. The van der Waals surface area contributed by atoms with Crippen LogP contribution < -0.4 is 9.62 Å². The van der Waals surface area contributed by atoms with Crippen LogP contribution in [0.1, 0.15) is 25.0 Å². The maximum atomic E-state index is 14.0. The first-order valence-corrected chi connectivity index (χ1v) is 15.6. The van der Waals surface area contributed by atoms with E-state index in [1.807, 2.05) is 44.2 Å². The molecule has 0 aliphatic rings. The number of carbonyl (C=O) groups excluding carboxylic acids is 2. The summed E-state index contributed by atoms with van der Waals surface area (Å²) in [5.74, 6) is -1.01. The molecule has 3 aromatic carbocycles. The first-order chi connectivity index (χ1) is 18.8. The summed E-state index contributed by atoms with van der Waals surface area (Å²) in [7, 11) is -3.95. The molecule has 1 unspecified atom stereocenters. The molecule has 0 saturated carbocycles. The van der Waals surface area contributed by atoms with Gasteiger partial charge in [0.05, 0.1) is 22.0 Å². The molecule has 1 atom stereocenters. The van der Waals surface area contributed by atoms with Crippen molar-refractivity contribution in [2.24, 2.45) is 0 Å². The van der Waals surface area contributed by atoms with E-state index >= 15 is 0 Å². The topological polar surface area (TPSA) is 86.8 Å². The van der Waals surface area contributed by atoms with Crippen molar-refractivity contribution in [3.63, 3.8) is 0 Å². The van der Waals surface area contributed by atoms with Crippen LogP contribution in [0.25, 0.3) is 0 Å². The summed E-state index contributed by atoms with van der Waals surface area (Å²) in [4.78, 5) is 28.9. The lowest BCUT2D eigenvalue weighted by Gasteiger charge is -2.34. The van der Waals surface area contributed by atoms with Gasteiger partial charge in [-0.25, -0.2) is 8.42 Å². The van der Waals surface area contributed by atoms with Crippen molar-refractivity contribution in [3.05, 3.63) is 97.9 Å². The van der Waals surface area contributed by atoms with Gasteiger partial charge in [0.2, 0.25) is 21.8 Å². The van der Waals surface area contributed by atoms with E-state index in [2.05, 4.69) is 5.32 Å². The van der Waals surface area contributed by atoms with Crippen LogP contribution in [-0.4, -0.2) is 50.0 Å². The number of hydrogen-bond donors (Lipinski definition) is 1. The Labute approximate surface area is 255 Å². The van der Waals surface area contributed by atoms with Gasteiger partial charge in [-0.1, -0.05) is 82.8 Å². The number of nitrogens with zero attached hydrogens (tertiary/aromatic N) is 2. The predicted octanol–water partition coefficient (Wildman–Crippen LogP) is 6.23. The zero-order valence-corrected chi connectivity index (χ0v) is 25.9. The molecule has 0 spiro atoms. The first-order valence-electron chi connectivity index (χ1n) is 12.3. The fourth-order valence-corrected chi connectivity index (χ4v) is 5.62. The van der Waals surface area contributed by atoms with Crippen LogP contribution in [0.3, 0.4) is 0 Å². The van der Waals surface area contributed by atoms with E-state index in [-0.39, 0.29) is 34.7 Å². The maximum absolute atomic E-state index is 14.0. The van der Waals surface area contributed by atoms with Crippen molar-refractivity contribution in [1.82, 2.24) is 10.2 Å². The van der Waals surface area contributed by atoms with E-state index in [0.29, 0.717) is 15.6 Å². The van der Waals surface area contributed by atoms with E-state index in [9.17, 15) is 18.0 Å². The molecule has 0 heterocycles. The van der Waals surface area contributed by atoms with Crippen molar-refractivity contribution < 1.29 is 18.0 Å². The molecule has 3 rings (SSSR count). The quantitative estimate of drug-likeness (QED) is 0.268. The zero-order chi connectivity index (χ0) is 29.6. The van der Waals surface area contributed by atoms with Crippen LogP contribution in [0.4, 0.5) is 5.69 Å². The van der Waals surface area contributed by atoms with Crippen molar-refractivity contribution in [2.45, 2.75) is 38.9 Å². The fourth-order valence-electron chi connectivity index (χ4n) is 4.02. The van der Waals surface area contributed by atoms with Gasteiger partial charge in [0.15, 0.2) is 0 Å². The number of halogens is 4. The smallest absolute Gasteiger partial charge is 0.244 e. The van der Waals surface area contributed by atoms with Crippen molar-refractivity contribution >= 4 is 73.9 Å². The molecule has 0 bridgehead atoms. The lowest BCUT2D eigenvalue weighted by molar-refractivity contribution is -0.140. The Hall–Kier alpha value is -2.49. The largest absolute Gasteiger partial charge is 0.352 e. The molecule has 0 saturated heterocycles. The molecular weight excluding hydrogens is 616 g/mol. The van der Waals surface area contributed by atoms with E-state index < -0.39 is 34.4 Å². The Bertz CT molecular complexity index is 1470. The molecule has 0 aliphatic carbocycles. The van der Waals surface area contributed by atoms with Crippen LogP contribution in [0.2, 0.25) is 20.1 Å². The summed E-state index contributed by atoms with van der Waals surface area (Å²) in [5, 5.41) is 3.96. The van der Waals surface area contributed by atoms with Gasteiger partial charge in [-0.2, -0.15) is 0 Å². The van der Waals surface area contributed by atoms with Gasteiger partial charge in [0.1, 0.15) is 12.6 Å². The number of nitrogens with one attached hydrogen (secondary N) is 1. The van der Waals surface area contributed by atoms with Crippen LogP contribution in [-0.2, 0) is 32.6 Å². The van der Waals surface area contributed by atoms with Crippen LogP contribution in [0, 0.1) is 0 Å². The second-order valence-electron chi connectivity index (χ2n) is 9.49. The summed E-state index contributed by atoms with van der Waals surface area (Å²) in [6.07, 6.45) is 1.16. The normalized spacial score (nSPS) is 12.2. The number of carbonyl (C=O) groups is 2. The number of sulfonamides is 1. The number of benzene rings is 3. The standard InChI is InChI=1S/C28H29Cl4N3O4S/c1-18(2)33-28(37)26(13-19-7-5-4-6-8-19)34(16-20-9-10-21(29)14-24(20)31)27(36)17-35(40(3,38)39)22-11-12-23(30)25(32)15-22/h4-12,14-15,18,26H,13,16-17H2,1-3H3,(H,33,37). The SMILES string of the molecule is CC(C)NC(=O)C(Cc1ccccc1)N(Cc1ccc(Cl)cc1Cl)C(=O)CN(c1ccc(Cl)c(Cl)c1)S(C)(=O)=O. The van der Waals surface area contributed by atoms with Crippen LogP contribution in [0.15, 0.2) is 66.7 Å². The van der Waals surface area contributed by atoms with E-state index in [1.54, 1.807) is 18.2 Å². The Morgan fingerprint density at radius 1 is 0.875 bits per heavy atom. The number of amides is 2. The van der Waals surface area contributed by atoms with Gasteiger partial charge >= 0.3 is 0 Å². The van der Waals surface area contributed by atoms with Crippen LogP contribution in [0.5, 0.6) is 0 Å². The monoisotopic (exact) mass is 643 g/mol. The summed E-state index contributed by atoms with van der Waals surface area (Å²) < 4.78 is 26.6. The third kappa shape index (κ3) is 8.75. The molecular formula is C28H29Cl4N3O4S. The molecule has 0 fully saturated rings. The second-order valence-corrected chi connectivity index (χ2v) is 13.1. The van der Waals surface area contributed by atoms with Gasteiger partial charge in [0, 0.05) is 29.1 Å². The minimum atomic E-state index is -3.95. The van der Waals surface area contributed by atoms with E-state index in [4.69, 9.17) is 46.4 Å². The second kappa shape index (κ2) is 13.9. The Balaban J connectivity index is 2.09. The first kappa shape index (κ1) is 32.0. The van der Waals surface area contributed by atoms with Crippen molar-refractivity contribution in [1.29, 1.82) is 0 Å². The lowest BCUT2D eigenvalue weighted by Crippen LogP contribution is -2.54. The molecule has 0 aromatic heterocycles. The lowest BCUT2D eigenvalue weighted by atomic mass is 10.0. The highest BCUT2D eigenvalue weighted by Gasteiger charge is 2.33. The molecule has 0 radical (unpaired) electrons. The average Bonchev–Trinajstić information content (AvgIpc) is 2.87. The van der Waals surface area contributed by atoms with Gasteiger partial charge in [-0.3, -0.25) is 13.9 Å². The van der Waals surface area contributed by atoms with Gasteiger partial charge in [0.25, 0.3) is 0 Å². The summed E-state index contributed by atoms with van der Waals surface area (Å²) in [6.45, 7) is 2.96. The molecule has 3 aromatic rings. The molecule has 1 N–H and O–H groups in total. The number of anilines is 1. The van der Waals surface area contributed by atoms with Crippen molar-refractivity contribution in [2.75, 3.05) is 17.1 Å². The molecule has 7 nitrogen and oxygen atoms in total. The Morgan fingerprint density at radius 2 is 1.55 bits per heavy atom. The Morgan fingerprint density at radius 3 is 2.12 bits per heavy atom. The molecule has 2 amide bonds. The number of hydrogen-bond acceptors (Lipinski definition) is 4. The highest BCUT2D eigenvalue weighted by molar-refractivity contribution is 7.92. The van der Waals surface area contributed by atoms with E-state index in [0.717, 1.165) is 16.1 Å². The molecule has 0 aliphatic heterocycles. The summed E-state index contributed by atoms with van der Waals surface area (Å²) >= 11 is 24.7. The fraction of sp³-hybridized carbons (Fsp3) is 0.286. The predicted molar refractivity (Wildman–Crippen MR) is 163 cm³/mol. The third-order valence-electron chi connectivity index (χ3n) is 5.93. The van der Waals surface area contributed by atoms with Crippen LogP contribution >= 0.6 is 46.4 Å². The molecule has 12 heteroatoms. The summed E-state index contributed by atoms with van der Waals surface area (Å²) in [6, 6.07) is 17.1. The zero-order valence-electron chi connectivity index (χ0n) is 22.1. The van der Waals surface area contributed by atoms with E-state index in [1.165, 1.54) is 23.1 Å². The van der Waals surface area contributed by atoms with Gasteiger partial charge in [-0.15, -0.1) is 0 Å². The number of rotatable bonds is 11. The minimum absolute atomic E-state index is 0.0726. The maximum Gasteiger partial charge on any atom is 0.244 e. The highest BCUT2D eigenvalue weighted by Crippen LogP contribution is 2.29. The molecule has 214 valence electrons. The van der Waals surface area contributed by atoms with Crippen molar-refractivity contribution in [3.8, 4) is 0 Å². The van der Waals surface area contributed by atoms with Gasteiger partial charge < -0.3 is 10.2 Å². The third-order valence-corrected chi connectivity index (χ3v) is 8.39. The Kier molecular flexibility index (Phi) is 11.1. The minimum Gasteiger partial charge on any atom is -0.352 e. The van der Waals surface area contributed by atoms with Gasteiger partial charge in [-0.05, 0) is 55.3 Å². The summed E-state index contributed by atoms with van der Waals surface area (Å²) in [5.41, 5.74) is 1.51.